The van der Waals surface area contributed by atoms with Crippen molar-refractivity contribution in [2.45, 2.75) is 6.42 Å². The Morgan fingerprint density at radius 1 is 1.57 bits per heavy atom. The van der Waals surface area contributed by atoms with Crippen LogP contribution in [0.5, 0.6) is 0 Å². The topological polar surface area (TPSA) is 0 Å². The molecule has 0 aromatic heterocycles. The Bertz CT molecular complexity index is 86.8. The molecule has 0 bridgehead atoms. The Hall–Kier alpha value is 0.0300. The molecule has 0 fully saturated rings. The zero-order chi connectivity index (χ0) is 5.54. The summed E-state index contributed by atoms with van der Waals surface area (Å²) in [6.45, 7) is 0. The lowest BCUT2D eigenvalue weighted by Gasteiger charge is -1.72. The van der Waals surface area contributed by atoms with Crippen molar-refractivity contribution in [3.8, 4) is 12.3 Å². The highest BCUT2D eigenvalue weighted by molar-refractivity contribution is 14.1. The predicted octanol–water partition coefficient (Wildman–Crippen LogP) is 2.00. The van der Waals surface area contributed by atoms with Gasteiger partial charge in [0, 0.05) is 10.8 Å². The number of terminal acetylenes is 1. The van der Waals surface area contributed by atoms with E-state index >= 15 is 0 Å². The number of hydrogen-bond acceptors (Lipinski definition) is 0. The van der Waals surface area contributed by atoms with E-state index in [9.17, 15) is 0 Å². The average Bonchev–Trinajstić information content (AvgIpc) is 1.69. The van der Waals surface area contributed by atoms with Crippen molar-refractivity contribution in [2.75, 3.05) is 4.43 Å². The minimum atomic E-state index is 0.767. The summed E-state index contributed by atoms with van der Waals surface area (Å²) in [4.78, 5) is 0. The molecule has 0 heterocycles. The van der Waals surface area contributed by atoms with E-state index in [4.69, 9.17) is 6.42 Å². The summed E-state index contributed by atoms with van der Waals surface area (Å²) in [5.74, 6) is 2.51. The standard InChI is InChI=1S/C6H7I/c1-2-3-4-5-6-7/h1,4-5H,3,6H2/b5-4+. The molecule has 0 aromatic rings. The molecule has 1 heteroatoms. The highest BCUT2D eigenvalue weighted by Crippen LogP contribution is 1.84. The van der Waals surface area contributed by atoms with E-state index in [1.807, 2.05) is 6.08 Å². The average molecular weight is 206 g/mol. The summed E-state index contributed by atoms with van der Waals surface area (Å²) in [7, 11) is 0. The Kier molecular flexibility index (Phi) is 6.06. The summed E-state index contributed by atoms with van der Waals surface area (Å²) >= 11 is 2.27. The van der Waals surface area contributed by atoms with E-state index in [0.29, 0.717) is 0 Å². The number of rotatable bonds is 2. The summed E-state index contributed by atoms with van der Waals surface area (Å²) in [5, 5.41) is 0. The van der Waals surface area contributed by atoms with Crippen molar-refractivity contribution in [3.05, 3.63) is 12.2 Å². The molecule has 0 saturated heterocycles. The third-order valence-corrected chi connectivity index (χ3v) is 1.000. The van der Waals surface area contributed by atoms with E-state index in [0.717, 1.165) is 10.8 Å². The van der Waals surface area contributed by atoms with Crippen molar-refractivity contribution in [2.24, 2.45) is 0 Å². The second-order valence-corrected chi connectivity index (χ2v) is 1.91. The fraction of sp³-hybridized carbons (Fsp3) is 0.333. The zero-order valence-electron chi connectivity index (χ0n) is 4.02. The van der Waals surface area contributed by atoms with Gasteiger partial charge in [-0.1, -0.05) is 34.7 Å². The molecule has 0 nitrogen and oxygen atoms in total. The second kappa shape index (κ2) is 6.03. The predicted molar refractivity (Wildman–Crippen MR) is 41.5 cm³/mol. The van der Waals surface area contributed by atoms with Gasteiger partial charge >= 0.3 is 0 Å². The van der Waals surface area contributed by atoms with Gasteiger partial charge in [0.2, 0.25) is 0 Å². The second-order valence-electron chi connectivity index (χ2n) is 1.03. The lowest BCUT2D eigenvalue weighted by molar-refractivity contribution is 1.46. The van der Waals surface area contributed by atoms with E-state index < -0.39 is 0 Å². The summed E-state index contributed by atoms with van der Waals surface area (Å²) in [6, 6.07) is 0. The molecule has 0 saturated carbocycles. The molecule has 7 heavy (non-hydrogen) atoms. The van der Waals surface area contributed by atoms with Crippen LogP contribution in [0.15, 0.2) is 12.2 Å². The summed E-state index contributed by atoms with van der Waals surface area (Å²) in [6.07, 6.45) is 9.78. The van der Waals surface area contributed by atoms with Gasteiger partial charge in [-0.15, -0.1) is 12.3 Å². The molecule has 0 atom stereocenters. The largest absolute Gasteiger partial charge is 0.120 e. The number of hydrogen-bond donors (Lipinski definition) is 0. The van der Waals surface area contributed by atoms with Crippen LogP contribution in [0.4, 0.5) is 0 Å². The first-order valence-corrected chi connectivity index (χ1v) is 3.58. The normalized spacial score (nSPS) is 9.14. The van der Waals surface area contributed by atoms with E-state index in [1.54, 1.807) is 0 Å². The Morgan fingerprint density at radius 2 is 2.29 bits per heavy atom. The fourth-order valence-electron chi connectivity index (χ4n) is 0.214. The van der Waals surface area contributed by atoms with E-state index in [2.05, 4.69) is 34.6 Å². The van der Waals surface area contributed by atoms with Gasteiger partial charge in [-0.2, -0.15) is 0 Å². The van der Waals surface area contributed by atoms with Crippen LogP contribution < -0.4 is 0 Å². The van der Waals surface area contributed by atoms with Crippen molar-refractivity contribution >= 4 is 22.6 Å². The van der Waals surface area contributed by atoms with Crippen LogP contribution in [0.2, 0.25) is 0 Å². The molecule has 38 valence electrons. The lowest BCUT2D eigenvalue weighted by Crippen LogP contribution is -1.57. The minimum absolute atomic E-state index is 0.767. The first kappa shape index (κ1) is 7.03. The molecule has 0 unspecified atom stereocenters. The van der Waals surface area contributed by atoms with Crippen molar-refractivity contribution in [1.82, 2.24) is 0 Å². The Morgan fingerprint density at radius 3 is 2.71 bits per heavy atom. The molecule has 0 spiro atoms. The first-order valence-electron chi connectivity index (χ1n) is 2.06. The first-order chi connectivity index (χ1) is 3.41. The van der Waals surface area contributed by atoms with Gasteiger partial charge in [-0.25, -0.2) is 0 Å². The van der Waals surface area contributed by atoms with Gasteiger partial charge < -0.3 is 0 Å². The van der Waals surface area contributed by atoms with Crippen LogP contribution in [0.1, 0.15) is 6.42 Å². The van der Waals surface area contributed by atoms with Crippen LogP contribution in [0, 0.1) is 12.3 Å². The van der Waals surface area contributed by atoms with Gasteiger partial charge in [0.1, 0.15) is 0 Å². The molecule has 0 aromatic carbocycles. The van der Waals surface area contributed by atoms with Crippen LogP contribution in [-0.2, 0) is 0 Å². The lowest BCUT2D eigenvalue weighted by atomic mass is 10.4. The third-order valence-electron chi connectivity index (χ3n) is 0.491. The van der Waals surface area contributed by atoms with Gasteiger partial charge in [0.05, 0.1) is 0 Å². The van der Waals surface area contributed by atoms with Gasteiger partial charge in [-0.3, -0.25) is 0 Å². The maximum atomic E-state index is 4.97. The van der Waals surface area contributed by atoms with Crippen LogP contribution in [0.3, 0.4) is 0 Å². The molecule has 0 N–H and O–H groups in total. The molecular weight excluding hydrogens is 199 g/mol. The molecule has 0 aliphatic rings. The molecule has 0 aliphatic heterocycles. The Balaban J connectivity index is 2.97. The zero-order valence-corrected chi connectivity index (χ0v) is 6.18. The van der Waals surface area contributed by atoms with Crippen LogP contribution in [0.25, 0.3) is 0 Å². The highest BCUT2D eigenvalue weighted by atomic mass is 127. The maximum Gasteiger partial charge on any atom is 0.0267 e. The SMILES string of the molecule is C#CC/C=C/CI. The number of allylic oxidation sites excluding steroid dienone is 2. The molecular formula is C6H7I. The molecule has 0 radical (unpaired) electrons. The quantitative estimate of drug-likeness (QED) is 0.280. The molecule has 0 aliphatic carbocycles. The number of alkyl halides is 1. The van der Waals surface area contributed by atoms with E-state index in [-0.39, 0.29) is 0 Å². The summed E-state index contributed by atoms with van der Waals surface area (Å²) < 4.78 is 1.06. The van der Waals surface area contributed by atoms with Crippen molar-refractivity contribution in [3.63, 3.8) is 0 Å². The monoisotopic (exact) mass is 206 g/mol. The molecule has 0 amide bonds. The number of halogens is 1. The van der Waals surface area contributed by atoms with Crippen molar-refractivity contribution in [1.29, 1.82) is 0 Å². The molecule has 0 rings (SSSR count). The summed E-state index contributed by atoms with van der Waals surface area (Å²) in [5.41, 5.74) is 0. The highest BCUT2D eigenvalue weighted by Gasteiger charge is 1.64. The van der Waals surface area contributed by atoms with Crippen LogP contribution >= 0.6 is 22.6 Å². The minimum Gasteiger partial charge on any atom is -0.120 e. The van der Waals surface area contributed by atoms with Crippen LogP contribution in [-0.4, -0.2) is 4.43 Å². The smallest absolute Gasteiger partial charge is 0.0267 e. The van der Waals surface area contributed by atoms with E-state index in [1.165, 1.54) is 0 Å². The van der Waals surface area contributed by atoms with Gasteiger partial charge in [0.25, 0.3) is 0 Å². The fourth-order valence-corrected chi connectivity index (χ4v) is 0.574. The van der Waals surface area contributed by atoms with Crippen molar-refractivity contribution < 1.29 is 0 Å². The third kappa shape index (κ3) is 6.03. The van der Waals surface area contributed by atoms with Gasteiger partial charge in [0.15, 0.2) is 0 Å². The Labute approximate surface area is 58.1 Å². The van der Waals surface area contributed by atoms with Gasteiger partial charge in [-0.05, 0) is 0 Å². The maximum absolute atomic E-state index is 4.97.